The maximum absolute atomic E-state index is 12.5. The first-order chi connectivity index (χ1) is 27.1. The zero-order chi connectivity index (χ0) is 41.1. The van der Waals surface area contributed by atoms with Crippen LogP contribution in [-0.4, -0.2) is 105 Å². The van der Waals surface area contributed by atoms with E-state index in [0.717, 1.165) is 49.8 Å². The number of aliphatic hydroxyl groups excluding tert-OH is 1. The Morgan fingerprint density at radius 1 is 0.947 bits per heavy atom. The normalized spacial score (nSPS) is 46.4. The van der Waals surface area contributed by atoms with Crippen molar-refractivity contribution >= 4 is 5.97 Å². The van der Waals surface area contributed by atoms with Crippen molar-refractivity contribution in [3.05, 3.63) is 29.8 Å². The Labute approximate surface area is 340 Å². The summed E-state index contributed by atoms with van der Waals surface area (Å²) < 4.78 is 64.5. The van der Waals surface area contributed by atoms with Crippen molar-refractivity contribution < 1.29 is 57.3 Å². The fourth-order valence-electron chi connectivity index (χ4n) is 11.6. The highest BCUT2D eigenvalue weighted by Crippen LogP contribution is 2.55. The van der Waals surface area contributed by atoms with Gasteiger partial charge in [0, 0.05) is 43.3 Å². The molecule has 18 atom stereocenters. The van der Waals surface area contributed by atoms with E-state index in [9.17, 15) is 9.90 Å². The van der Waals surface area contributed by atoms with Crippen molar-refractivity contribution in [1.82, 2.24) is 0 Å². The quantitative estimate of drug-likeness (QED) is 0.229. The summed E-state index contributed by atoms with van der Waals surface area (Å²) in [5.41, 5.74) is -0.145. The van der Waals surface area contributed by atoms with Crippen LogP contribution in [0, 0.1) is 35.5 Å². The number of carbonyl (C=O) groups excluding carboxylic acids is 1. The van der Waals surface area contributed by atoms with Gasteiger partial charge in [-0.1, -0.05) is 53.7 Å². The van der Waals surface area contributed by atoms with Crippen LogP contribution in [0.15, 0.2) is 24.3 Å². The second-order valence-electron chi connectivity index (χ2n) is 18.8. The number of methoxy groups -OCH3 is 3. The molecule has 6 aliphatic rings. The molecule has 6 saturated heterocycles. The van der Waals surface area contributed by atoms with Gasteiger partial charge in [-0.05, 0) is 76.3 Å². The standard InChI is InChI=1S/C45H70O12/c1-12-43(39-26(3)22-34(52-39)36-25(2)21-27(4)45(55-36)24-51-41(56-45)31-13-15-32(48-9)16-14-31)18-17-35(53-43)42(8)19-20-44(57-42)23-33(46)28(5)38(54-44)29(6)37(49-10)30(7)40(47)50-11/h13-16,25-30,33-39,41,46H,12,17-24H2,1-11H3/t25-,26-,27+,28+,29-,30-,33-,34-,35+,36-,37+,38-,39+,41+,42+,43-,44+,45+/m0/s1. The van der Waals surface area contributed by atoms with Crippen LogP contribution < -0.4 is 4.74 Å². The van der Waals surface area contributed by atoms with Crippen molar-refractivity contribution in [3.8, 4) is 5.75 Å². The van der Waals surface area contributed by atoms with E-state index in [2.05, 4.69) is 34.6 Å². The first-order valence-corrected chi connectivity index (χ1v) is 21.7. The molecule has 0 aliphatic carbocycles. The minimum Gasteiger partial charge on any atom is -0.497 e. The number of rotatable bonds is 11. The van der Waals surface area contributed by atoms with Crippen LogP contribution in [0.4, 0.5) is 0 Å². The SMILES string of the molecule is CC[C@@]1([C@@H]2O[C@H]([C@H]3O[C@@]4(CO[C@@H](c5ccc(OC)cc5)O4)[C@H](C)C[C@@H]3C)C[C@@H]2C)CC[C@H]([C@@]2(C)CC[C@]3(C[C@H](O)[C@@H](C)[C@@H]([C@@H](C)[C@@H](OC)[C@H](C)C(=O)OC)O3)O2)O1. The highest BCUT2D eigenvalue weighted by Gasteiger charge is 2.63. The number of hydrogen-bond acceptors (Lipinski definition) is 12. The smallest absolute Gasteiger partial charge is 0.311 e. The van der Waals surface area contributed by atoms with Gasteiger partial charge in [-0.3, -0.25) is 4.79 Å². The molecule has 1 N–H and O–H groups in total. The van der Waals surface area contributed by atoms with Crippen molar-refractivity contribution in [2.75, 3.05) is 27.9 Å². The van der Waals surface area contributed by atoms with E-state index in [1.807, 2.05) is 45.0 Å². The van der Waals surface area contributed by atoms with Crippen molar-refractivity contribution in [3.63, 3.8) is 0 Å². The van der Waals surface area contributed by atoms with Crippen molar-refractivity contribution in [2.45, 2.75) is 179 Å². The first-order valence-electron chi connectivity index (χ1n) is 21.7. The lowest BCUT2D eigenvalue weighted by Gasteiger charge is -2.49. The molecule has 57 heavy (non-hydrogen) atoms. The Kier molecular flexibility index (Phi) is 12.5. The van der Waals surface area contributed by atoms with Crippen molar-refractivity contribution in [1.29, 1.82) is 0 Å². The molecule has 6 fully saturated rings. The Balaban J connectivity index is 1.02. The van der Waals surface area contributed by atoms with Crippen LogP contribution in [0.3, 0.4) is 0 Å². The third-order valence-corrected chi connectivity index (χ3v) is 15.1. The number of ether oxygens (including phenoxy) is 10. The molecule has 322 valence electrons. The minimum absolute atomic E-state index is 0.100. The van der Waals surface area contributed by atoms with Gasteiger partial charge >= 0.3 is 5.97 Å². The third-order valence-electron chi connectivity index (χ3n) is 15.1. The van der Waals surface area contributed by atoms with Gasteiger partial charge in [-0.15, -0.1) is 0 Å². The van der Waals surface area contributed by atoms with Gasteiger partial charge in [0.05, 0.1) is 74.1 Å². The maximum atomic E-state index is 12.5. The largest absolute Gasteiger partial charge is 0.497 e. The summed E-state index contributed by atoms with van der Waals surface area (Å²) in [5, 5.41) is 11.4. The summed E-state index contributed by atoms with van der Waals surface area (Å²) in [7, 11) is 4.66. The van der Waals surface area contributed by atoms with Crippen molar-refractivity contribution in [2.24, 2.45) is 35.5 Å². The van der Waals surface area contributed by atoms with Gasteiger partial charge in [0.2, 0.25) is 0 Å². The van der Waals surface area contributed by atoms with E-state index in [4.69, 9.17) is 47.4 Å². The molecule has 0 radical (unpaired) electrons. The van der Waals surface area contributed by atoms with Gasteiger partial charge in [0.15, 0.2) is 17.9 Å². The molecule has 0 bridgehead atoms. The predicted octanol–water partition coefficient (Wildman–Crippen LogP) is 7.13. The van der Waals surface area contributed by atoms with E-state index in [1.165, 1.54) is 7.11 Å². The molecule has 6 aliphatic heterocycles. The van der Waals surface area contributed by atoms with E-state index in [1.54, 1.807) is 14.2 Å². The van der Waals surface area contributed by atoms with E-state index in [-0.39, 0.29) is 60.0 Å². The Hall–Kier alpha value is -1.87. The molecule has 12 nitrogen and oxygen atoms in total. The number of carbonyl (C=O) groups is 1. The van der Waals surface area contributed by atoms with E-state index < -0.39 is 53.3 Å². The summed E-state index contributed by atoms with van der Waals surface area (Å²) in [4.78, 5) is 12.5. The average molecular weight is 803 g/mol. The van der Waals surface area contributed by atoms with Gasteiger partial charge in [-0.25, -0.2) is 0 Å². The predicted molar refractivity (Wildman–Crippen MR) is 210 cm³/mol. The summed E-state index contributed by atoms with van der Waals surface area (Å²) in [6, 6.07) is 7.81. The molecule has 12 heteroatoms. The van der Waals surface area contributed by atoms with E-state index >= 15 is 0 Å². The molecule has 0 unspecified atom stereocenters. The highest BCUT2D eigenvalue weighted by molar-refractivity contribution is 5.72. The highest BCUT2D eigenvalue weighted by atomic mass is 16.8. The van der Waals surface area contributed by atoms with E-state index in [0.29, 0.717) is 19.4 Å². The molecule has 0 amide bonds. The second kappa shape index (κ2) is 16.5. The maximum Gasteiger partial charge on any atom is 0.311 e. The number of esters is 1. The summed E-state index contributed by atoms with van der Waals surface area (Å²) >= 11 is 0. The van der Waals surface area contributed by atoms with Crippen LogP contribution in [0.5, 0.6) is 5.75 Å². The number of aliphatic hydroxyl groups is 1. The van der Waals surface area contributed by atoms with Crippen LogP contribution in [-0.2, 0) is 47.4 Å². The van der Waals surface area contributed by atoms with Crippen LogP contribution in [0.2, 0.25) is 0 Å². The lowest BCUT2D eigenvalue weighted by Crippen LogP contribution is -2.57. The number of benzene rings is 1. The summed E-state index contributed by atoms with van der Waals surface area (Å²) in [6.07, 6.45) is 3.61. The lowest BCUT2D eigenvalue weighted by atomic mass is 9.78. The monoisotopic (exact) mass is 802 g/mol. The Morgan fingerprint density at radius 2 is 1.68 bits per heavy atom. The topological polar surface area (TPSA) is 130 Å². The van der Waals surface area contributed by atoms with Crippen LogP contribution in [0.25, 0.3) is 0 Å². The molecule has 0 saturated carbocycles. The molecular weight excluding hydrogens is 732 g/mol. The molecule has 1 aromatic carbocycles. The fourth-order valence-corrected chi connectivity index (χ4v) is 11.6. The van der Waals surface area contributed by atoms with Gasteiger partial charge in [0.1, 0.15) is 12.4 Å². The Morgan fingerprint density at radius 3 is 2.35 bits per heavy atom. The zero-order valence-corrected chi connectivity index (χ0v) is 36.2. The minimum atomic E-state index is -0.963. The molecule has 2 spiro atoms. The van der Waals surface area contributed by atoms with Crippen LogP contribution >= 0.6 is 0 Å². The van der Waals surface area contributed by atoms with Gasteiger partial charge < -0.3 is 52.5 Å². The lowest BCUT2D eigenvalue weighted by molar-refractivity contribution is -0.336. The zero-order valence-electron chi connectivity index (χ0n) is 36.2. The first kappa shape index (κ1) is 43.2. The molecule has 0 aromatic heterocycles. The Bertz CT molecular complexity index is 1540. The summed E-state index contributed by atoms with van der Waals surface area (Å²) in [6.45, 7) is 17.3. The van der Waals surface area contributed by atoms with Gasteiger partial charge in [-0.2, -0.15) is 0 Å². The molecule has 7 rings (SSSR count). The van der Waals surface area contributed by atoms with Gasteiger partial charge in [0.25, 0.3) is 0 Å². The molecule has 6 heterocycles. The second-order valence-corrected chi connectivity index (χ2v) is 18.8. The van der Waals surface area contributed by atoms with Crippen LogP contribution in [0.1, 0.15) is 119 Å². The number of hydrogen-bond donors (Lipinski definition) is 1. The third kappa shape index (κ3) is 7.82. The fraction of sp³-hybridized carbons (Fsp3) is 0.844. The summed E-state index contributed by atoms with van der Waals surface area (Å²) in [5.74, 6) is -1.54. The molecule has 1 aromatic rings. The average Bonchev–Trinajstić information content (AvgIpc) is 4.00. The molecular formula is C45H70O12.